The van der Waals surface area contributed by atoms with Crippen molar-refractivity contribution in [3.8, 4) is 10.6 Å². The zero-order valence-corrected chi connectivity index (χ0v) is 11.8. The number of hydrogen-bond donors (Lipinski definition) is 1. The Morgan fingerprint density at radius 3 is 2.56 bits per heavy atom. The molecule has 2 aromatic heterocycles. The summed E-state index contributed by atoms with van der Waals surface area (Å²) in [7, 11) is 0. The van der Waals surface area contributed by atoms with E-state index in [1.54, 1.807) is 23.0 Å². The molecule has 0 aliphatic rings. The smallest absolute Gasteiger partial charge is 0.339 e. The molecule has 0 bridgehead atoms. The lowest BCUT2D eigenvalue weighted by Crippen LogP contribution is -2.22. The fourth-order valence-electron chi connectivity index (χ4n) is 1.50. The van der Waals surface area contributed by atoms with Crippen LogP contribution in [0.15, 0.2) is 18.3 Å². The van der Waals surface area contributed by atoms with Crippen molar-refractivity contribution in [2.45, 2.75) is 26.3 Å². The van der Waals surface area contributed by atoms with Crippen LogP contribution in [-0.4, -0.2) is 20.9 Å². The maximum atomic E-state index is 11.3. The van der Waals surface area contributed by atoms with Crippen LogP contribution in [0, 0.1) is 0 Å². The molecule has 96 valence electrons. The highest BCUT2D eigenvalue weighted by Gasteiger charge is 2.23. The van der Waals surface area contributed by atoms with Gasteiger partial charge >= 0.3 is 5.97 Å². The first-order valence-electron chi connectivity index (χ1n) is 5.38. The van der Waals surface area contributed by atoms with Crippen molar-refractivity contribution in [1.29, 1.82) is 0 Å². The van der Waals surface area contributed by atoms with E-state index in [-0.39, 0.29) is 11.1 Å². The summed E-state index contributed by atoms with van der Waals surface area (Å²) in [5, 5.41) is 13.6. The molecule has 0 atom stereocenters. The van der Waals surface area contributed by atoms with Crippen molar-refractivity contribution in [2.75, 3.05) is 0 Å². The van der Waals surface area contributed by atoms with E-state index in [0.717, 1.165) is 4.88 Å². The van der Waals surface area contributed by atoms with Gasteiger partial charge in [-0.2, -0.15) is 5.10 Å². The van der Waals surface area contributed by atoms with Crippen LogP contribution in [0.3, 0.4) is 0 Å². The summed E-state index contributed by atoms with van der Waals surface area (Å²) in [6.45, 7) is 5.91. The summed E-state index contributed by atoms with van der Waals surface area (Å²) in [5.74, 6) is -0.981. The Labute approximate surface area is 114 Å². The molecule has 6 heteroatoms. The summed E-state index contributed by atoms with van der Waals surface area (Å²) in [6.07, 6.45) is 1.56. The topological polar surface area (TPSA) is 55.1 Å². The Morgan fingerprint density at radius 2 is 2.11 bits per heavy atom. The molecule has 0 radical (unpaired) electrons. The molecular formula is C12H13ClN2O2S. The molecule has 0 aliphatic heterocycles. The van der Waals surface area contributed by atoms with Gasteiger partial charge in [-0.1, -0.05) is 11.6 Å². The minimum Gasteiger partial charge on any atom is -0.478 e. The Morgan fingerprint density at radius 1 is 1.44 bits per heavy atom. The Kier molecular flexibility index (Phi) is 3.21. The minimum atomic E-state index is -0.981. The number of hydrogen-bond acceptors (Lipinski definition) is 3. The van der Waals surface area contributed by atoms with Gasteiger partial charge in [0.15, 0.2) is 0 Å². The number of carbonyl (C=O) groups is 1. The predicted molar refractivity (Wildman–Crippen MR) is 72.5 cm³/mol. The first kappa shape index (κ1) is 13.1. The maximum Gasteiger partial charge on any atom is 0.339 e. The van der Waals surface area contributed by atoms with Crippen molar-refractivity contribution in [3.05, 3.63) is 28.2 Å². The van der Waals surface area contributed by atoms with Crippen LogP contribution < -0.4 is 0 Å². The standard InChI is InChI=1S/C12H13ClN2O2S/c1-12(2,3)15-6-7(11(16)17)10(14-15)8-4-5-9(13)18-8/h4-6H,1-3H3,(H,16,17). The lowest BCUT2D eigenvalue weighted by Gasteiger charge is -2.18. The van der Waals surface area contributed by atoms with Crippen molar-refractivity contribution in [2.24, 2.45) is 0 Å². The van der Waals surface area contributed by atoms with Crippen LogP contribution in [0.1, 0.15) is 31.1 Å². The summed E-state index contributed by atoms with van der Waals surface area (Å²) >= 11 is 7.20. The van der Waals surface area contributed by atoms with Crippen molar-refractivity contribution in [1.82, 2.24) is 9.78 Å². The molecule has 0 unspecified atom stereocenters. The molecule has 2 aromatic rings. The first-order chi connectivity index (χ1) is 8.29. The van der Waals surface area contributed by atoms with E-state index < -0.39 is 5.97 Å². The van der Waals surface area contributed by atoms with Gasteiger partial charge < -0.3 is 5.11 Å². The number of halogens is 1. The van der Waals surface area contributed by atoms with E-state index in [9.17, 15) is 9.90 Å². The SMILES string of the molecule is CC(C)(C)n1cc(C(=O)O)c(-c2ccc(Cl)s2)n1. The highest BCUT2D eigenvalue weighted by Crippen LogP contribution is 2.33. The van der Waals surface area contributed by atoms with Gasteiger partial charge in [-0.15, -0.1) is 11.3 Å². The number of carboxylic acids is 1. The van der Waals surface area contributed by atoms with E-state index >= 15 is 0 Å². The third-order valence-electron chi connectivity index (χ3n) is 2.44. The van der Waals surface area contributed by atoms with Gasteiger partial charge in [0.25, 0.3) is 0 Å². The van der Waals surface area contributed by atoms with Gasteiger partial charge in [0.2, 0.25) is 0 Å². The Balaban J connectivity index is 2.59. The van der Waals surface area contributed by atoms with E-state index in [1.807, 2.05) is 20.8 Å². The third kappa shape index (κ3) is 2.42. The summed E-state index contributed by atoms with van der Waals surface area (Å²) < 4.78 is 2.28. The van der Waals surface area contributed by atoms with Gasteiger partial charge in [-0.3, -0.25) is 4.68 Å². The second kappa shape index (κ2) is 4.40. The number of aromatic nitrogens is 2. The lowest BCUT2D eigenvalue weighted by atomic mass is 10.1. The average Bonchev–Trinajstić information content (AvgIpc) is 2.81. The molecule has 0 saturated carbocycles. The summed E-state index contributed by atoms with van der Waals surface area (Å²) in [6, 6.07) is 3.53. The summed E-state index contributed by atoms with van der Waals surface area (Å²) in [4.78, 5) is 12.0. The maximum absolute atomic E-state index is 11.3. The number of rotatable bonds is 2. The van der Waals surface area contributed by atoms with Crippen molar-refractivity contribution >= 4 is 28.9 Å². The molecule has 2 rings (SSSR count). The van der Waals surface area contributed by atoms with Crippen LogP contribution in [0.25, 0.3) is 10.6 Å². The van der Waals surface area contributed by atoms with E-state index in [4.69, 9.17) is 11.6 Å². The highest BCUT2D eigenvalue weighted by atomic mass is 35.5. The quantitative estimate of drug-likeness (QED) is 0.914. The van der Waals surface area contributed by atoms with E-state index in [0.29, 0.717) is 10.0 Å². The molecule has 0 aromatic carbocycles. The number of thiophene rings is 1. The number of carboxylic acid groups (broad SMARTS) is 1. The lowest BCUT2D eigenvalue weighted by molar-refractivity contribution is 0.0697. The van der Waals surface area contributed by atoms with Gasteiger partial charge in [0.05, 0.1) is 14.8 Å². The molecule has 18 heavy (non-hydrogen) atoms. The average molecular weight is 285 g/mol. The fraction of sp³-hybridized carbons (Fsp3) is 0.333. The molecule has 0 saturated heterocycles. The van der Waals surface area contributed by atoms with Gasteiger partial charge in [-0.05, 0) is 32.9 Å². The minimum absolute atomic E-state index is 0.198. The summed E-state index contributed by atoms with van der Waals surface area (Å²) in [5.41, 5.74) is 0.404. The number of nitrogens with zero attached hydrogens (tertiary/aromatic N) is 2. The van der Waals surface area contributed by atoms with Crippen LogP contribution in [0.4, 0.5) is 0 Å². The van der Waals surface area contributed by atoms with Crippen LogP contribution >= 0.6 is 22.9 Å². The second-order valence-electron chi connectivity index (χ2n) is 4.92. The van der Waals surface area contributed by atoms with Crippen LogP contribution in [-0.2, 0) is 5.54 Å². The van der Waals surface area contributed by atoms with Gasteiger partial charge in [0, 0.05) is 6.20 Å². The molecule has 0 spiro atoms. The Bertz CT molecular complexity index is 595. The predicted octanol–water partition coefficient (Wildman–Crippen LogP) is 3.72. The molecule has 1 N–H and O–H groups in total. The second-order valence-corrected chi connectivity index (χ2v) is 6.63. The zero-order chi connectivity index (χ0) is 13.5. The van der Waals surface area contributed by atoms with Gasteiger partial charge in [-0.25, -0.2) is 4.79 Å². The molecule has 0 aliphatic carbocycles. The first-order valence-corrected chi connectivity index (χ1v) is 6.57. The van der Waals surface area contributed by atoms with Crippen molar-refractivity contribution < 1.29 is 9.90 Å². The third-order valence-corrected chi connectivity index (χ3v) is 3.68. The number of aromatic carboxylic acids is 1. The fourth-order valence-corrected chi connectivity index (χ4v) is 2.54. The van der Waals surface area contributed by atoms with E-state index in [2.05, 4.69) is 5.10 Å². The van der Waals surface area contributed by atoms with Crippen LogP contribution in [0.5, 0.6) is 0 Å². The monoisotopic (exact) mass is 284 g/mol. The normalized spacial score (nSPS) is 11.8. The molecular weight excluding hydrogens is 272 g/mol. The van der Waals surface area contributed by atoms with Crippen molar-refractivity contribution in [3.63, 3.8) is 0 Å². The zero-order valence-electron chi connectivity index (χ0n) is 10.3. The Hall–Kier alpha value is -1.33. The largest absolute Gasteiger partial charge is 0.478 e. The molecule has 0 amide bonds. The van der Waals surface area contributed by atoms with Crippen LogP contribution in [0.2, 0.25) is 4.34 Å². The molecule has 2 heterocycles. The highest BCUT2D eigenvalue weighted by molar-refractivity contribution is 7.19. The van der Waals surface area contributed by atoms with E-state index in [1.165, 1.54) is 11.3 Å². The van der Waals surface area contributed by atoms with Gasteiger partial charge in [0.1, 0.15) is 11.3 Å². The molecule has 0 fully saturated rings. The molecule has 4 nitrogen and oxygen atoms in total.